The van der Waals surface area contributed by atoms with Gasteiger partial charge in [-0.3, -0.25) is 4.68 Å². The van der Waals surface area contributed by atoms with Crippen LogP contribution in [0.3, 0.4) is 0 Å². The van der Waals surface area contributed by atoms with Gasteiger partial charge in [-0.05, 0) is 18.6 Å². The first-order valence-electron chi connectivity index (χ1n) is 6.42. The molecule has 0 radical (unpaired) electrons. The Labute approximate surface area is 111 Å². The zero-order valence-electron chi connectivity index (χ0n) is 10.8. The molecular weight excluding hydrogens is 240 g/mol. The number of aliphatic hydroxyl groups excluding tert-OH is 1. The number of imidazole rings is 1. The van der Waals surface area contributed by atoms with E-state index >= 15 is 0 Å². The average molecular weight is 256 g/mol. The lowest BCUT2D eigenvalue weighted by Crippen LogP contribution is -1.99. The summed E-state index contributed by atoms with van der Waals surface area (Å²) < 4.78 is 3.74. The summed E-state index contributed by atoms with van der Waals surface area (Å²) in [6.07, 6.45) is 7.62. The topological polar surface area (TPSA) is 55.4 Å². The molecule has 5 nitrogen and oxygen atoms in total. The van der Waals surface area contributed by atoms with Gasteiger partial charge in [0.1, 0.15) is 11.8 Å². The normalized spacial score (nSPS) is 12.9. The predicted molar refractivity (Wildman–Crippen MR) is 71.8 cm³/mol. The van der Waals surface area contributed by atoms with Crippen LogP contribution in [0.1, 0.15) is 30.7 Å². The number of hydrogen-bond donors (Lipinski definition) is 1. The van der Waals surface area contributed by atoms with Crippen molar-refractivity contribution < 1.29 is 5.11 Å². The monoisotopic (exact) mass is 256 g/mol. The van der Waals surface area contributed by atoms with E-state index < -0.39 is 6.10 Å². The summed E-state index contributed by atoms with van der Waals surface area (Å²) in [6, 6.07) is 5.78. The largest absolute Gasteiger partial charge is 0.382 e. The standard InChI is InChI=1S/C14H16N4O/c1-2-6-18-9-11(8-15-18)14(19)12-10-17-7-4-3-5-13(17)16-12/h3-5,7-10,14,19H,2,6H2,1H3. The molecule has 0 spiro atoms. The SMILES string of the molecule is CCCn1cc(C(O)c2cn3ccccc3n2)cn1. The van der Waals surface area contributed by atoms with Crippen LogP contribution in [-0.4, -0.2) is 24.3 Å². The van der Waals surface area contributed by atoms with Crippen molar-refractivity contribution in [2.45, 2.75) is 26.0 Å². The number of rotatable bonds is 4. The summed E-state index contributed by atoms with van der Waals surface area (Å²) >= 11 is 0. The van der Waals surface area contributed by atoms with Gasteiger partial charge in [0, 0.05) is 30.7 Å². The maximum absolute atomic E-state index is 10.3. The molecule has 0 saturated carbocycles. The van der Waals surface area contributed by atoms with E-state index in [0.717, 1.165) is 24.2 Å². The fourth-order valence-corrected chi connectivity index (χ4v) is 2.13. The summed E-state index contributed by atoms with van der Waals surface area (Å²) in [7, 11) is 0. The van der Waals surface area contributed by atoms with Gasteiger partial charge in [0.25, 0.3) is 0 Å². The summed E-state index contributed by atoms with van der Waals surface area (Å²) in [6.45, 7) is 2.96. The maximum atomic E-state index is 10.3. The van der Waals surface area contributed by atoms with Crippen LogP contribution >= 0.6 is 0 Å². The number of pyridine rings is 1. The summed E-state index contributed by atoms with van der Waals surface area (Å²) in [5, 5.41) is 14.6. The first kappa shape index (κ1) is 11.9. The summed E-state index contributed by atoms with van der Waals surface area (Å²) in [5.74, 6) is 0. The second-order valence-electron chi connectivity index (χ2n) is 4.57. The molecule has 3 aromatic heterocycles. The zero-order chi connectivity index (χ0) is 13.2. The molecule has 0 fully saturated rings. The van der Waals surface area contributed by atoms with Crippen LogP contribution in [-0.2, 0) is 6.54 Å². The van der Waals surface area contributed by atoms with Gasteiger partial charge in [-0.25, -0.2) is 4.98 Å². The van der Waals surface area contributed by atoms with Crippen molar-refractivity contribution in [1.82, 2.24) is 19.2 Å². The number of aliphatic hydroxyl groups is 1. The third-order valence-electron chi connectivity index (χ3n) is 3.08. The van der Waals surface area contributed by atoms with Gasteiger partial charge >= 0.3 is 0 Å². The molecule has 3 heterocycles. The number of aryl methyl sites for hydroxylation is 1. The van der Waals surface area contributed by atoms with Gasteiger partial charge in [0.15, 0.2) is 0 Å². The predicted octanol–water partition coefficient (Wildman–Crippen LogP) is 2.02. The Bertz CT molecular complexity index is 652. The smallest absolute Gasteiger partial charge is 0.137 e. The van der Waals surface area contributed by atoms with Crippen molar-refractivity contribution in [2.24, 2.45) is 0 Å². The molecule has 0 aliphatic rings. The van der Waals surface area contributed by atoms with E-state index in [1.54, 1.807) is 6.20 Å². The molecule has 5 heteroatoms. The quantitative estimate of drug-likeness (QED) is 0.777. The Morgan fingerprint density at radius 2 is 2.21 bits per heavy atom. The third-order valence-corrected chi connectivity index (χ3v) is 3.08. The van der Waals surface area contributed by atoms with Crippen molar-refractivity contribution in [3.63, 3.8) is 0 Å². The van der Waals surface area contributed by atoms with Gasteiger partial charge in [-0.1, -0.05) is 13.0 Å². The second-order valence-corrected chi connectivity index (χ2v) is 4.57. The van der Waals surface area contributed by atoms with Gasteiger partial charge in [0.05, 0.1) is 11.9 Å². The Morgan fingerprint density at radius 3 is 3.00 bits per heavy atom. The minimum Gasteiger partial charge on any atom is -0.382 e. The van der Waals surface area contributed by atoms with Crippen molar-refractivity contribution in [3.8, 4) is 0 Å². The molecule has 0 amide bonds. The highest BCUT2D eigenvalue weighted by atomic mass is 16.3. The van der Waals surface area contributed by atoms with E-state index in [1.165, 1.54) is 0 Å². The Hall–Kier alpha value is -2.14. The lowest BCUT2D eigenvalue weighted by molar-refractivity contribution is 0.216. The lowest BCUT2D eigenvalue weighted by atomic mass is 10.1. The highest BCUT2D eigenvalue weighted by Gasteiger charge is 2.16. The first-order chi connectivity index (χ1) is 9.28. The second kappa shape index (κ2) is 4.85. The molecular formula is C14H16N4O. The molecule has 0 saturated heterocycles. The van der Waals surface area contributed by atoms with Crippen molar-refractivity contribution in [3.05, 3.63) is 54.2 Å². The number of hydrogen-bond acceptors (Lipinski definition) is 3. The third kappa shape index (κ3) is 2.24. The minimum absolute atomic E-state index is 0.641. The molecule has 1 N–H and O–H groups in total. The van der Waals surface area contributed by atoms with Gasteiger partial charge in [0.2, 0.25) is 0 Å². The van der Waals surface area contributed by atoms with Crippen LogP contribution in [0.25, 0.3) is 5.65 Å². The van der Waals surface area contributed by atoms with Crippen LogP contribution in [0.4, 0.5) is 0 Å². The fourth-order valence-electron chi connectivity index (χ4n) is 2.13. The van der Waals surface area contributed by atoms with E-state index in [4.69, 9.17) is 0 Å². The summed E-state index contributed by atoms with van der Waals surface area (Å²) in [5.41, 5.74) is 2.25. The molecule has 0 aliphatic heterocycles. The molecule has 0 bridgehead atoms. The van der Waals surface area contributed by atoms with Crippen LogP contribution in [0.5, 0.6) is 0 Å². The molecule has 3 aromatic rings. The van der Waals surface area contributed by atoms with Crippen LogP contribution < -0.4 is 0 Å². The fraction of sp³-hybridized carbons (Fsp3) is 0.286. The number of nitrogens with zero attached hydrogens (tertiary/aromatic N) is 4. The summed E-state index contributed by atoms with van der Waals surface area (Å²) in [4.78, 5) is 4.42. The first-order valence-corrected chi connectivity index (χ1v) is 6.42. The van der Waals surface area contributed by atoms with E-state index in [-0.39, 0.29) is 0 Å². The average Bonchev–Trinajstić information content (AvgIpc) is 3.04. The molecule has 19 heavy (non-hydrogen) atoms. The van der Waals surface area contributed by atoms with Crippen molar-refractivity contribution in [2.75, 3.05) is 0 Å². The van der Waals surface area contributed by atoms with Crippen LogP contribution in [0.15, 0.2) is 43.0 Å². The Kier molecular flexibility index (Phi) is 3.05. The molecule has 1 unspecified atom stereocenters. The zero-order valence-corrected chi connectivity index (χ0v) is 10.8. The van der Waals surface area contributed by atoms with E-state index in [1.807, 2.05) is 45.9 Å². The maximum Gasteiger partial charge on any atom is 0.137 e. The number of fused-ring (bicyclic) bond motifs is 1. The Morgan fingerprint density at radius 1 is 1.32 bits per heavy atom. The molecule has 0 aliphatic carbocycles. The molecule has 1 atom stereocenters. The van der Waals surface area contributed by atoms with Crippen molar-refractivity contribution in [1.29, 1.82) is 0 Å². The molecule has 98 valence electrons. The molecule has 0 aromatic carbocycles. The van der Waals surface area contributed by atoms with Crippen LogP contribution in [0.2, 0.25) is 0 Å². The van der Waals surface area contributed by atoms with E-state index in [2.05, 4.69) is 17.0 Å². The molecule has 3 rings (SSSR count). The van der Waals surface area contributed by atoms with Gasteiger partial charge < -0.3 is 9.51 Å². The van der Waals surface area contributed by atoms with Gasteiger partial charge in [-0.15, -0.1) is 0 Å². The van der Waals surface area contributed by atoms with E-state index in [0.29, 0.717) is 5.69 Å². The number of aromatic nitrogens is 4. The van der Waals surface area contributed by atoms with Gasteiger partial charge in [-0.2, -0.15) is 5.10 Å². The highest BCUT2D eigenvalue weighted by molar-refractivity contribution is 5.40. The van der Waals surface area contributed by atoms with Crippen molar-refractivity contribution >= 4 is 5.65 Å². The lowest BCUT2D eigenvalue weighted by Gasteiger charge is -2.03. The Balaban J connectivity index is 1.91. The van der Waals surface area contributed by atoms with E-state index in [9.17, 15) is 5.11 Å². The minimum atomic E-state index is -0.731. The highest BCUT2D eigenvalue weighted by Crippen LogP contribution is 2.21. The van der Waals surface area contributed by atoms with Crippen LogP contribution in [0, 0.1) is 0 Å².